The number of aromatic nitrogens is 3. The van der Waals surface area contributed by atoms with E-state index in [2.05, 4.69) is 37.5 Å². The average molecular weight is 333 g/mol. The van der Waals surface area contributed by atoms with E-state index >= 15 is 0 Å². The third kappa shape index (κ3) is 3.51. The molecule has 0 saturated carbocycles. The first kappa shape index (κ1) is 16.7. The van der Waals surface area contributed by atoms with Gasteiger partial charge < -0.3 is 10.2 Å². The fraction of sp³-hybridized carbons (Fsp3) is 0.389. The topological polar surface area (TPSA) is 102 Å². The van der Waals surface area contributed by atoms with Crippen LogP contribution >= 0.6 is 0 Å². The Morgan fingerprint density at radius 3 is 2.76 bits per heavy atom. The number of hydrogen-bond acceptors (Lipinski definition) is 7. The summed E-state index contributed by atoms with van der Waals surface area (Å²) < 4.78 is 0. The normalized spacial score (nSPS) is 16.3. The fourth-order valence-electron chi connectivity index (χ4n) is 2.96. The highest BCUT2D eigenvalue weighted by Gasteiger charge is 2.26. The van der Waals surface area contributed by atoms with E-state index in [9.17, 15) is 5.26 Å². The molecule has 0 aliphatic carbocycles. The second kappa shape index (κ2) is 7.14. The van der Waals surface area contributed by atoms with E-state index in [1.807, 2.05) is 19.9 Å². The number of nitrogens with one attached hydrogen (secondary N) is 1. The smallest absolute Gasteiger partial charge is 0.169 e. The van der Waals surface area contributed by atoms with Crippen molar-refractivity contribution in [3.05, 3.63) is 40.7 Å². The lowest BCUT2D eigenvalue weighted by atomic mass is 10.1. The van der Waals surface area contributed by atoms with E-state index in [0.29, 0.717) is 22.9 Å². The van der Waals surface area contributed by atoms with Crippen LogP contribution in [-0.4, -0.2) is 34.8 Å². The van der Waals surface area contributed by atoms with Crippen LogP contribution in [0, 0.1) is 42.4 Å². The van der Waals surface area contributed by atoms with Gasteiger partial charge in [-0.25, -0.2) is 4.98 Å². The lowest BCUT2D eigenvalue weighted by molar-refractivity contribution is 0.620. The van der Waals surface area contributed by atoms with Gasteiger partial charge in [0.25, 0.3) is 0 Å². The molecule has 0 bridgehead atoms. The van der Waals surface area contributed by atoms with E-state index in [-0.39, 0.29) is 0 Å². The summed E-state index contributed by atoms with van der Waals surface area (Å²) in [4.78, 5) is 6.36. The van der Waals surface area contributed by atoms with Crippen molar-refractivity contribution in [3.63, 3.8) is 0 Å². The average Bonchev–Trinajstić information content (AvgIpc) is 3.11. The molecule has 1 saturated heterocycles. The standard InChI is InChI=1S/C18H19N7/c1-12-13(2)23-24-18(16(12)8-20)25-6-5-15(11-25)10-22-17-4-3-14(7-19)9-21-17/h3-4,9,15H,5-6,10-11H2,1-2H3,(H,21,22)/t15-/m1/s1. The van der Waals surface area contributed by atoms with Gasteiger partial charge >= 0.3 is 0 Å². The van der Waals surface area contributed by atoms with Gasteiger partial charge in [-0.3, -0.25) is 0 Å². The minimum atomic E-state index is 0.437. The van der Waals surface area contributed by atoms with Gasteiger partial charge in [0.2, 0.25) is 0 Å². The Labute approximate surface area is 146 Å². The monoisotopic (exact) mass is 333 g/mol. The van der Waals surface area contributed by atoms with Gasteiger partial charge in [0, 0.05) is 25.8 Å². The summed E-state index contributed by atoms with van der Waals surface area (Å²) in [7, 11) is 0. The van der Waals surface area contributed by atoms with Crippen molar-refractivity contribution in [1.29, 1.82) is 10.5 Å². The first-order valence-corrected chi connectivity index (χ1v) is 8.21. The second-order valence-electron chi connectivity index (χ2n) is 6.25. The zero-order valence-electron chi connectivity index (χ0n) is 14.3. The van der Waals surface area contributed by atoms with Crippen LogP contribution in [0.4, 0.5) is 11.6 Å². The van der Waals surface area contributed by atoms with Crippen molar-refractivity contribution in [3.8, 4) is 12.1 Å². The number of hydrogen-bond donors (Lipinski definition) is 1. The summed E-state index contributed by atoms with van der Waals surface area (Å²) in [5.74, 6) is 1.89. The molecule has 1 aliphatic heterocycles. The molecule has 7 heteroatoms. The highest BCUT2D eigenvalue weighted by atomic mass is 15.3. The Balaban J connectivity index is 1.63. The minimum absolute atomic E-state index is 0.437. The molecule has 1 atom stereocenters. The number of anilines is 2. The van der Waals surface area contributed by atoms with Gasteiger partial charge in [0.05, 0.1) is 11.3 Å². The highest BCUT2D eigenvalue weighted by Crippen LogP contribution is 2.27. The molecule has 0 radical (unpaired) electrons. The zero-order valence-corrected chi connectivity index (χ0v) is 14.3. The highest BCUT2D eigenvalue weighted by molar-refractivity contribution is 5.58. The molecule has 1 N–H and O–H groups in total. The van der Waals surface area contributed by atoms with Gasteiger partial charge in [0.1, 0.15) is 23.5 Å². The van der Waals surface area contributed by atoms with Gasteiger partial charge in [-0.05, 0) is 43.9 Å². The maximum Gasteiger partial charge on any atom is 0.169 e. The van der Waals surface area contributed by atoms with Gasteiger partial charge in [-0.15, -0.1) is 5.10 Å². The molecule has 0 aromatic carbocycles. The lowest BCUT2D eigenvalue weighted by Gasteiger charge is -2.19. The van der Waals surface area contributed by atoms with E-state index < -0.39 is 0 Å². The van der Waals surface area contributed by atoms with Crippen LogP contribution in [0.2, 0.25) is 0 Å². The largest absolute Gasteiger partial charge is 0.370 e. The molecule has 0 amide bonds. The summed E-state index contributed by atoms with van der Waals surface area (Å²) in [5.41, 5.74) is 2.87. The first-order valence-electron chi connectivity index (χ1n) is 8.21. The number of nitriles is 2. The first-order chi connectivity index (χ1) is 12.1. The van der Waals surface area contributed by atoms with Crippen LogP contribution in [0.25, 0.3) is 0 Å². The van der Waals surface area contributed by atoms with Crippen molar-refractivity contribution >= 4 is 11.6 Å². The Bertz CT molecular complexity index is 845. The summed E-state index contributed by atoms with van der Waals surface area (Å²) in [6, 6.07) is 7.89. The molecule has 2 aromatic rings. The molecule has 126 valence electrons. The van der Waals surface area contributed by atoms with Gasteiger partial charge in [0.15, 0.2) is 5.82 Å². The van der Waals surface area contributed by atoms with Crippen LogP contribution in [0.1, 0.15) is 28.8 Å². The lowest BCUT2D eigenvalue weighted by Crippen LogP contribution is -2.25. The molecule has 1 aliphatic rings. The summed E-state index contributed by atoms with van der Waals surface area (Å²) in [5, 5.41) is 30.0. The summed E-state index contributed by atoms with van der Waals surface area (Å²) >= 11 is 0. The Morgan fingerprint density at radius 1 is 1.24 bits per heavy atom. The van der Waals surface area contributed by atoms with E-state index in [4.69, 9.17) is 5.26 Å². The van der Waals surface area contributed by atoms with E-state index in [1.54, 1.807) is 12.3 Å². The molecule has 25 heavy (non-hydrogen) atoms. The number of rotatable bonds is 4. The molecular formula is C18H19N7. The Hall–Kier alpha value is -3.19. The Morgan fingerprint density at radius 2 is 2.08 bits per heavy atom. The van der Waals surface area contributed by atoms with Crippen molar-refractivity contribution in [1.82, 2.24) is 15.2 Å². The fourth-order valence-corrected chi connectivity index (χ4v) is 2.96. The van der Waals surface area contributed by atoms with Gasteiger partial charge in [-0.1, -0.05) is 0 Å². The maximum absolute atomic E-state index is 9.46. The molecule has 1 fully saturated rings. The summed E-state index contributed by atoms with van der Waals surface area (Å²) in [6.07, 6.45) is 2.58. The molecule has 0 spiro atoms. The molecule has 3 rings (SSSR count). The number of pyridine rings is 1. The summed E-state index contributed by atoms with van der Waals surface area (Å²) in [6.45, 7) is 6.26. The quantitative estimate of drug-likeness (QED) is 0.914. The maximum atomic E-state index is 9.46. The predicted octanol–water partition coefficient (Wildman–Crippen LogP) is 2.17. The van der Waals surface area contributed by atoms with Crippen LogP contribution in [0.15, 0.2) is 18.3 Å². The zero-order chi connectivity index (χ0) is 17.8. The SMILES string of the molecule is Cc1nnc(N2CC[C@H](CNc3ccc(C#N)cn3)C2)c(C#N)c1C. The molecule has 0 unspecified atom stereocenters. The van der Waals surface area contributed by atoms with Crippen molar-refractivity contribution < 1.29 is 0 Å². The van der Waals surface area contributed by atoms with Crippen molar-refractivity contribution in [2.45, 2.75) is 20.3 Å². The Kier molecular flexibility index (Phi) is 4.76. The van der Waals surface area contributed by atoms with Crippen molar-refractivity contribution in [2.75, 3.05) is 29.9 Å². The van der Waals surface area contributed by atoms with Crippen molar-refractivity contribution in [2.24, 2.45) is 5.92 Å². The van der Waals surface area contributed by atoms with E-state index in [0.717, 1.165) is 43.1 Å². The van der Waals surface area contributed by atoms with E-state index in [1.165, 1.54) is 0 Å². The van der Waals surface area contributed by atoms with Gasteiger partial charge in [-0.2, -0.15) is 15.6 Å². The molecule has 2 aromatic heterocycles. The number of nitrogens with zero attached hydrogens (tertiary/aromatic N) is 6. The van der Waals surface area contributed by atoms with Crippen LogP contribution in [0.3, 0.4) is 0 Å². The third-order valence-corrected chi connectivity index (χ3v) is 4.60. The molecule has 3 heterocycles. The molecule has 7 nitrogen and oxygen atoms in total. The predicted molar refractivity (Wildman–Crippen MR) is 94.0 cm³/mol. The van der Waals surface area contributed by atoms with Crippen LogP contribution in [-0.2, 0) is 0 Å². The number of aryl methyl sites for hydroxylation is 1. The van der Waals surface area contributed by atoms with Crippen LogP contribution in [0.5, 0.6) is 0 Å². The second-order valence-corrected chi connectivity index (χ2v) is 6.25. The minimum Gasteiger partial charge on any atom is -0.370 e. The van der Waals surface area contributed by atoms with Crippen LogP contribution < -0.4 is 10.2 Å². The third-order valence-electron chi connectivity index (χ3n) is 4.60. The molecular weight excluding hydrogens is 314 g/mol.